The lowest BCUT2D eigenvalue weighted by molar-refractivity contribution is 0.308. The average molecular weight is 206 g/mol. The maximum absolute atomic E-state index is 4.31. The summed E-state index contributed by atoms with van der Waals surface area (Å²) in [7, 11) is 0. The Hall–Kier alpha value is -0.790. The summed E-state index contributed by atoms with van der Waals surface area (Å²) in [6.07, 6.45) is 13.7. The van der Waals surface area contributed by atoms with E-state index in [-0.39, 0.29) is 0 Å². The Morgan fingerprint density at radius 3 is 2.73 bits per heavy atom. The van der Waals surface area contributed by atoms with Crippen LogP contribution in [0.15, 0.2) is 16.8 Å². The fourth-order valence-corrected chi connectivity index (χ4v) is 2.61. The van der Waals surface area contributed by atoms with E-state index in [0.29, 0.717) is 6.04 Å². The van der Waals surface area contributed by atoms with Crippen LogP contribution in [0.1, 0.15) is 51.9 Å². The second-order valence-corrected chi connectivity index (χ2v) is 4.80. The van der Waals surface area contributed by atoms with Crippen LogP contribution in [0.3, 0.4) is 0 Å². The van der Waals surface area contributed by atoms with Gasteiger partial charge in [0.2, 0.25) is 0 Å². The van der Waals surface area contributed by atoms with E-state index in [4.69, 9.17) is 0 Å². The van der Waals surface area contributed by atoms with Crippen LogP contribution in [0, 0.1) is 0 Å². The summed E-state index contributed by atoms with van der Waals surface area (Å²) in [5.41, 5.74) is 1.44. The summed E-state index contributed by atoms with van der Waals surface area (Å²) in [6.45, 7) is 3.42. The molecular formula is C13H22N2. The van der Waals surface area contributed by atoms with Gasteiger partial charge in [-0.3, -0.25) is 0 Å². The molecule has 0 amide bonds. The molecule has 0 bridgehead atoms. The van der Waals surface area contributed by atoms with Gasteiger partial charge in [-0.2, -0.15) is 0 Å². The van der Waals surface area contributed by atoms with Gasteiger partial charge in [0.15, 0.2) is 0 Å². The first-order valence-corrected chi connectivity index (χ1v) is 6.33. The Kier molecular flexibility index (Phi) is 3.81. The molecule has 0 aromatic rings. The average Bonchev–Trinajstić information content (AvgIpc) is 2.26. The summed E-state index contributed by atoms with van der Waals surface area (Å²) in [4.78, 5) is 6.75. The quantitative estimate of drug-likeness (QED) is 0.593. The summed E-state index contributed by atoms with van der Waals surface area (Å²) >= 11 is 0. The van der Waals surface area contributed by atoms with Crippen molar-refractivity contribution in [1.29, 1.82) is 0 Å². The van der Waals surface area contributed by atoms with Crippen LogP contribution < -0.4 is 0 Å². The third kappa shape index (κ3) is 2.83. The van der Waals surface area contributed by atoms with Gasteiger partial charge >= 0.3 is 0 Å². The Labute approximate surface area is 93.1 Å². The first-order chi connectivity index (χ1) is 7.38. The lowest BCUT2D eigenvalue weighted by Gasteiger charge is -2.33. The summed E-state index contributed by atoms with van der Waals surface area (Å²) < 4.78 is 0. The summed E-state index contributed by atoms with van der Waals surface area (Å²) in [5.74, 6) is 0. The molecule has 2 heterocycles. The van der Waals surface area contributed by atoms with Gasteiger partial charge in [0.1, 0.15) is 0 Å². The highest BCUT2D eigenvalue weighted by molar-refractivity contribution is 5.59. The molecular weight excluding hydrogens is 184 g/mol. The molecule has 0 radical (unpaired) electrons. The number of hydrogen-bond acceptors (Lipinski definition) is 2. The molecule has 1 unspecified atom stereocenters. The molecule has 84 valence electrons. The van der Waals surface area contributed by atoms with Crippen LogP contribution in [0.25, 0.3) is 0 Å². The van der Waals surface area contributed by atoms with Gasteiger partial charge in [-0.1, -0.05) is 32.1 Å². The highest BCUT2D eigenvalue weighted by Gasteiger charge is 2.19. The van der Waals surface area contributed by atoms with Crippen molar-refractivity contribution in [2.24, 2.45) is 4.99 Å². The first-order valence-electron chi connectivity index (χ1n) is 6.33. The number of fused-ring (bicyclic) bond motifs is 1. The Bertz CT molecular complexity index is 255. The van der Waals surface area contributed by atoms with Crippen LogP contribution in [0.2, 0.25) is 0 Å². The second kappa shape index (κ2) is 5.34. The van der Waals surface area contributed by atoms with Crippen LogP contribution in [0.5, 0.6) is 0 Å². The van der Waals surface area contributed by atoms with E-state index < -0.39 is 0 Å². The third-order valence-electron chi connectivity index (χ3n) is 3.56. The van der Waals surface area contributed by atoms with Crippen molar-refractivity contribution in [2.75, 3.05) is 6.54 Å². The third-order valence-corrected chi connectivity index (χ3v) is 3.56. The summed E-state index contributed by atoms with van der Waals surface area (Å²) in [5, 5.41) is 0. The Balaban J connectivity index is 2.00. The molecule has 0 aromatic heterocycles. The minimum atomic E-state index is 0.639. The van der Waals surface area contributed by atoms with Gasteiger partial charge in [-0.15, -0.1) is 0 Å². The number of aliphatic imine (C=N–C) groups is 1. The van der Waals surface area contributed by atoms with E-state index in [1.165, 1.54) is 57.1 Å². The minimum Gasteiger partial charge on any atom is -0.356 e. The zero-order valence-corrected chi connectivity index (χ0v) is 9.78. The molecule has 0 N–H and O–H groups in total. The molecule has 0 aliphatic carbocycles. The smallest absolute Gasteiger partial charge is 0.0909 e. The molecule has 2 rings (SSSR count). The predicted molar refractivity (Wildman–Crippen MR) is 65.1 cm³/mol. The van der Waals surface area contributed by atoms with Crippen molar-refractivity contribution >= 4 is 6.34 Å². The summed E-state index contributed by atoms with van der Waals surface area (Å²) in [6, 6.07) is 0.639. The van der Waals surface area contributed by atoms with Crippen molar-refractivity contribution < 1.29 is 0 Å². The fourth-order valence-electron chi connectivity index (χ4n) is 2.61. The molecule has 1 fully saturated rings. The zero-order valence-electron chi connectivity index (χ0n) is 9.78. The van der Waals surface area contributed by atoms with Crippen molar-refractivity contribution in [3.63, 3.8) is 0 Å². The van der Waals surface area contributed by atoms with Crippen molar-refractivity contribution in [3.05, 3.63) is 11.8 Å². The van der Waals surface area contributed by atoms with Crippen LogP contribution in [-0.2, 0) is 0 Å². The van der Waals surface area contributed by atoms with Crippen LogP contribution >= 0.6 is 0 Å². The van der Waals surface area contributed by atoms with Gasteiger partial charge in [0.05, 0.1) is 12.4 Å². The molecule has 0 spiro atoms. The highest BCUT2D eigenvalue weighted by Crippen LogP contribution is 2.22. The topological polar surface area (TPSA) is 15.6 Å². The van der Waals surface area contributed by atoms with Crippen molar-refractivity contribution in [2.45, 2.75) is 57.9 Å². The maximum Gasteiger partial charge on any atom is 0.0909 e. The van der Waals surface area contributed by atoms with Gasteiger partial charge in [-0.05, 0) is 25.3 Å². The molecule has 2 heteroatoms. The molecule has 15 heavy (non-hydrogen) atoms. The van der Waals surface area contributed by atoms with Crippen molar-refractivity contribution in [1.82, 2.24) is 4.90 Å². The van der Waals surface area contributed by atoms with E-state index in [1.54, 1.807) is 0 Å². The first kappa shape index (κ1) is 10.7. The van der Waals surface area contributed by atoms with Gasteiger partial charge in [0.25, 0.3) is 0 Å². The van der Waals surface area contributed by atoms with E-state index in [9.17, 15) is 0 Å². The van der Waals surface area contributed by atoms with Crippen LogP contribution in [0.4, 0.5) is 0 Å². The molecule has 1 atom stereocenters. The van der Waals surface area contributed by atoms with Crippen molar-refractivity contribution in [3.8, 4) is 0 Å². The Morgan fingerprint density at radius 1 is 1.13 bits per heavy atom. The highest BCUT2D eigenvalue weighted by atomic mass is 15.2. The van der Waals surface area contributed by atoms with E-state index in [2.05, 4.69) is 16.8 Å². The number of rotatable bonds is 0. The monoisotopic (exact) mass is 206 g/mol. The standard InChI is InChI=1S/C13H22N2/c1-12-10-14-11-15-9-7-5-3-2-4-6-8-13(12)15/h10-11,13H,2-9H2,1H3. The van der Waals surface area contributed by atoms with E-state index in [0.717, 1.165) is 0 Å². The second-order valence-electron chi connectivity index (χ2n) is 4.80. The van der Waals surface area contributed by atoms with Crippen LogP contribution in [-0.4, -0.2) is 23.8 Å². The van der Waals surface area contributed by atoms with E-state index >= 15 is 0 Å². The molecule has 0 saturated carbocycles. The lowest BCUT2D eigenvalue weighted by atomic mass is 9.97. The van der Waals surface area contributed by atoms with E-state index in [1.807, 2.05) is 12.5 Å². The van der Waals surface area contributed by atoms with Gasteiger partial charge in [0, 0.05) is 12.7 Å². The molecule has 1 saturated heterocycles. The molecule has 2 aliphatic heterocycles. The molecule has 2 aliphatic rings. The zero-order chi connectivity index (χ0) is 10.5. The SMILES string of the molecule is CC1=CN=CN2CCCCCCCCC12. The molecule has 0 aromatic carbocycles. The fraction of sp³-hybridized carbons (Fsp3) is 0.769. The largest absolute Gasteiger partial charge is 0.356 e. The minimum absolute atomic E-state index is 0.639. The predicted octanol–water partition coefficient (Wildman–Crippen LogP) is 3.35. The number of nitrogens with zero attached hydrogens (tertiary/aromatic N) is 2. The maximum atomic E-state index is 4.31. The lowest BCUT2D eigenvalue weighted by Crippen LogP contribution is -2.37. The normalized spacial score (nSPS) is 28.2. The van der Waals surface area contributed by atoms with Gasteiger partial charge in [-0.25, -0.2) is 4.99 Å². The number of hydrogen-bond donors (Lipinski definition) is 0. The van der Waals surface area contributed by atoms with Gasteiger partial charge < -0.3 is 4.90 Å². The molecule has 2 nitrogen and oxygen atoms in total. The Morgan fingerprint density at radius 2 is 1.87 bits per heavy atom.